The molecule has 1 N–H and O–H groups in total. The van der Waals surface area contributed by atoms with Crippen molar-refractivity contribution in [3.05, 3.63) is 53.8 Å². The Hall–Kier alpha value is -2.71. The van der Waals surface area contributed by atoms with Crippen molar-refractivity contribution in [3.63, 3.8) is 0 Å². The van der Waals surface area contributed by atoms with Gasteiger partial charge < -0.3 is 24.6 Å². The zero-order chi connectivity index (χ0) is 20.4. The Morgan fingerprint density at radius 2 is 1.97 bits per heavy atom. The lowest BCUT2D eigenvalue weighted by atomic mass is 10.1. The Labute approximate surface area is 174 Å². The van der Waals surface area contributed by atoms with Gasteiger partial charge in [0.2, 0.25) is 0 Å². The lowest BCUT2D eigenvalue weighted by Crippen LogP contribution is -2.54. The molecule has 0 unspecified atom stereocenters. The lowest BCUT2D eigenvalue weighted by molar-refractivity contribution is -0.142. The molecule has 4 rings (SSSR count). The third-order valence-electron chi connectivity index (χ3n) is 5.04. The second kappa shape index (κ2) is 8.34. The molecule has 0 aromatic heterocycles. The molecule has 1 atom stereocenters. The highest BCUT2D eigenvalue weighted by Crippen LogP contribution is 2.34. The van der Waals surface area contributed by atoms with Gasteiger partial charge in [0, 0.05) is 18.8 Å². The molecule has 0 saturated carbocycles. The molecule has 0 radical (unpaired) electrons. The molecular formula is C21H22FN3O3S. The molecule has 1 saturated heterocycles. The molecule has 2 heterocycles. The van der Waals surface area contributed by atoms with Crippen LogP contribution in [-0.4, -0.2) is 54.9 Å². The summed E-state index contributed by atoms with van der Waals surface area (Å²) in [5, 5.41) is 3.46. The van der Waals surface area contributed by atoms with Gasteiger partial charge in [0.25, 0.3) is 5.91 Å². The molecule has 2 aliphatic rings. The van der Waals surface area contributed by atoms with E-state index in [1.807, 2.05) is 29.2 Å². The number of halogens is 1. The SMILES string of the molecule is Cc1ccc(NC(=S)N2C[C@H](C(=O)N3CCOCC3)Oc3ccccc32)cc1F. The van der Waals surface area contributed by atoms with E-state index in [0.29, 0.717) is 48.4 Å². The van der Waals surface area contributed by atoms with Crippen molar-refractivity contribution in [3.8, 4) is 5.75 Å². The number of thiocarbonyl (C=S) groups is 1. The van der Waals surface area contributed by atoms with Crippen molar-refractivity contribution >= 4 is 34.6 Å². The molecule has 2 aliphatic heterocycles. The first-order valence-electron chi connectivity index (χ1n) is 9.50. The third kappa shape index (κ3) is 4.18. The fourth-order valence-corrected chi connectivity index (χ4v) is 3.70. The van der Waals surface area contributed by atoms with Gasteiger partial charge in [0.15, 0.2) is 11.2 Å². The molecule has 0 bridgehead atoms. The first-order chi connectivity index (χ1) is 14.0. The number of nitrogens with zero attached hydrogens (tertiary/aromatic N) is 2. The number of anilines is 2. The summed E-state index contributed by atoms with van der Waals surface area (Å²) in [6, 6.07) is 12.3. The Kier molecular flexibility index (Phi) is 5.64. The van der Waals surface area contributed by atoms with Gasteiger partial charge in [0.1, 0.15) is 11.6 Å². The number of nitrogens with one attached hydrogen (secondary N) is 1. The number of morpholine rings is 1. The quantitative estimate of drug-likeness (QED) is 0.762. The van der Waals surface area contributed by atoms with E-state index in [0.717, 1.165) is 5.69 Å². The van der Waals surface area contributed by atoms with Gasteiger partial charge in [-0.1, -0.05) is 18.2 Å². The number of para-hydroxylation sites is 2. The van der Waals surface area contributed by atoms with E-state index in [-0.39, 0.29) is 18.3 Å². The second-order valence-electron chi connectivity index (χ2n) is 7.02. The molecular weight excluding hydrogens is 393 g/mol. The Balaban J connectivity index is 1.56. The molecule has 1 amide bonds. The van der Waals surface area contributed by atoms with Crippen molar-refractivity contribution in [2.24, 2.45) is 0 Å². The number of aryl methyl sites for hydroxylation is 1. The first kappa shape index (κ1) is 19.6. The van der Waals surface area contributed by atoms with Crippen LogP contribution in [-0.2, 0) is 9.53 Å². The first-order valence-corrected chi connectivity index (χ1v) is 9.90. The summed E-state index contributed by atoms with van der Waals surface area (Å²) in [6.45, 7) is 4.12. The highest BCUT2D eigenvalue weighted by molar-refractivity contribution is 7.80. The highest BCUT2D eigenvalue weighted by atomic mass is 32.1. The minimum absolute atomic E-state index is 0.0861. The van der Waals surface area contributed by atoms with E-state index in [2.05, 4.69) is 5.32 Å². The maximum Gasteiger partial charge on any atom is 0.265 e. The summed E-state index contributed by atoms with van der Waals surface area (Å²) in [5.74, 6) is 0.196. The smallest absolute Gasteiger partial charge is 0.265 e. The predicted molar refractivity (Wildman–Crippen MR) is 113 cm³/mol. The molecule has 29 heavy (non-hydrogen) atoms. The minimum Gasteiger partial charge on any atom is -0.476 e. The van der Waals surface area contributed by atoms with E-state index in [9.17, 15) is 9.18 Å². The standard InChI is InChI=1S/C21H22FN3O3S/c1-14-6-7-15(12-16(14)22)23-21(29)25-13-19(20(26)24-8-10-27-11-9-24)28-18-5-3-2-4-17(18)25/h2-7,12,19H,8-11,13H2,1H3,(H,23,29)/t19-/m1/s1. The summed E-state index contributed by atoms with van der Waals surface area (Å²) in [5.41, 5.74) is 1.89. The predicted octanol–water partition coefficient (Wildman–Crippen LogP) is 2.96. The number of hydrogen-bond acceptors (Lipinski definition) is 4. The number of carbonyl (C=O) groups excluding carboxylic acids is 1. The molecule has 8 heteroatoms. The Morgan fingerprint density at radius 3 is 2.72 bits per heavy atom. The lowest BCUT2D eigenvalue weighted by Gasteiger charge is -2.38. The van der Waals surface area contributed by atoms with Gasteiger partial charge in [-0.3, -0.25) is 4.79 Å². The molecule has 1 fully saturated rings. The number of hydrogen-bond donors (Lipinski definition) is 1. The van der Waals surface area contributed by atoms with Gasteiger partial charge in [-0.05, 0) is 49.0 Å². The molecule has 2 aromatic carbocycles. The zero-order valence-corrected chi connectivity index (χ0v) is 16.9. The van der Waals surface area contributed by atoms with Crippen LogP contribution in [0.2, 0.25) is 0 Å². The van der Waals surface area contributed by atoms with Crippen molar-refractivity contribution in [2.75, 3.05) is 43.1 Å². The number of fused-ring (bicyclic) bond motifs is 1. The van der Waals surface area contributed by atoms with Gasteiger partial charge in [0.05, 0.1) is 25.4 Å². The molecule has 0 aliphatic carbocycles. The van der Waals surface area contributed by atoms with Gasteiger partial charge in [-0.15, -0.1) is 0 Å². The fraction of sp³-hybridized carbons (Fsp3) is 0.333. The summed E-state index contributed by atoms with van der Waals surface area (Å²) in [7, 11) is 0. The number of rotatable bonds is 2. The van der Waals surface area contributed by atoms with Crippen LogP contribution in [0.4, 0.5) is 15.8 Å². The number of benzene rings is 2. The van der Waals surface area contributed by atoms with Crippen LogP contribution in [0.15, 0.2) is 42.5 Å². The molecule has 6 nitrogen and oxygen atoms in total. The van der Waals surface area contributed by atoms with Crippen molar-refractivity contribution in [1.82, 2.24) is 4.90 Å². The van der Waals surface area contributed by atoms with Crippen molar-refractivity contribution < 1.29 is 18.7 Å². The third-order valence-corrected chi connectivity index (χ3v) is 5.36. The fourth-order valence-electron chi connectivity index (χ4n) is 3.40. The zero-order valence-electron chi connectivity index (χ0n) is 16.1. The Morgan fingerprint density at radius 1 is 1.21 bits per heavy atom. The highest BCUT2D eigenvalue weighted by Gasteiger charge is 2.35. The van der Waals surface area contributed by atoms with E-state index < -0.39 is 6.10 Å². The van der Waals surface area contributed by atoms with Crippen LogP contribution in [0.3, 0.4) is 0 Å². The minimum atomic E-state index is -0.683. The van der Waals surface area contributed by atoms with Crippen LogP contribution in [0, 0.1) is 12.7 Å². The van der Waals surface area contributed by atoms with Crippen LogP contribution >= 0.6 is 12.2 Å². The maximum absolute atomic E-state index is 13.9. The second-order valence-corrected chi connectivity index (χ2v) is 7.40. The van der Waals surface area contributed by atoms with Gasteiger partial charge in [-0.2, -0.15) is 0 Å². The monoisotopic (exact) mass is 415 g/mol. The van der Waals surface area contributed by atoms with Crippen LogP contribution in [0.5, 0.6) is 5.75 Å². The maximum atomic E-state index is 13.9. The normalized spacial score (nSPS) is 18.6. The van der Waals surface area contributed by atoms with Crippen LogP contribution < -0.4 is 15.0 Å². The van der Waals surface area contributed by atoms with Gasteiger partial charge in [-0.25, -0.2) is 4.39 Å². The topological polar surface area (TPSA) is 54.0 Å². The average molecular weight is 415 g/mol. The van der Waals surface area contributed by atoms with Crippen LogP contribution in [0.1, 0.15) is 5.56 Å². The van der Waals surface area contributed by atoms with E-state index in [1.54, 1.807) is 24.0 Å². The summed E-state index contributed by atoms with van der Waals surface area (Å²) in [4.78, 5) is 16.6. The van der Waals surface area contributed by atoms with Gasteiger partial charge >= 0.3 is 0 Å². The van der Waals surface area contributed by atoms with Crippen LogP contribution in [0.25, 0.3) is 0 Å². The van der Waals surface area contributed by atoms with Crippen molar-refractivity contribution in [2.45, 2.75) is 13.0 Å². The van der Waals surface area contributed by atoms with E-state index in [1.165, 1.54) is 6.07 Å². The summed E-state index contributed by atoms with van der Waals surface area (Å²) in [6.07, 6.45) is -0.683. The van der Waals surface area contributed by atoms with E-state index in [4.69, 9.17) is 21.7 Å². The molecule has 0 spiro atoms. The number of ether oxygens (including phenoxy) is 2. The number of carbonyl (C=O) groups is 1. The van der Waals surface area contributed by atoms with Crippen molar-refractivity contribution in [1.29, 1.82) is 0 Å². The largest absolute Gasteiger partial charge is 0.476 e. The molecule has 152 valence electrons. The number of amides is 1. The average Bonchev–Trinajstić information content (AvgIpc) is 2.75. The van der Waals surface area contributed by atoms with E-state index >= 15 is 0 Å². The summed E-state index contributed by atoms with van der Waals surface area (Å²) < 4.78 is 25.2. The summed E-state index contributed by atoms with van der Waals surface area (Å²) >= 11 is 5.60. The Bertz CT molecular complexity index is 933. The molecule has 2 aromatic rings.